The highest BCUT2D eigenvalue weighted by atomic mass is 16.5. The van der Waals surface area contributed by atoms with Gasteiger partial charge < -0.3 is 19.3 Å². The highest BCUT2D eigenvalue weighted by molar-refractivity contribution is 5.72. The van der Waals surface area contributed by atoms with E-state index in [0.29, 0.717) is 25.4 Å². The molecule has 3 rings (SSSR count). The molecule has 0 heterocycles. The molecule has 0 unspecified atom stereocenters. The first-order valence-corrected chi connectivity index (χ1v) is 9.42. The first-order valence-electron chi connectivity index (χ1n) is 9.42. The van der Waals surface area contributed by atoms with E-state index in [0.717, 1.165) is 22.4 Å². The molecule has 0 aliphatic heterocycles. The molecule has 0 aliphatic carbocycles. The largest absolute Gasteiger partial charge is 0.490 e. The van der Waals surface area contributed by atoms with Crippen molar-refractivity contribution >= 4 is 5.97 Å². The molecule has 0 spiro atoms. The van der Waals surface area contributed by atoms with Gasteiger partial charge in [-0.1, -0.05) is 60.7 Å². The van der Waals surface area contributed by atoms with Crippen LogP contribution in [-0.2, 0) is 16.0 Å². The van der Waals surface area contributed by atoms with Crippen LogP contribution >= 0.6 is 0 Å². The molecule has 0 saturated carbocycles. The molecule has 0 aromatic heterocycles. The van der Waals surface area contributed by atoms with Crippen LogP contribution in [0.2, 0.25) is 0 Å². The van der Waals surface area contributed by atoms with Crippen LogP contribution in [0.15, 0.2) is 78.9 Å². The van der Waals surface area contributed by atoms with E-state index in [2.05, 4.69) is 12.1 Å². The summed E-state index contributed by atoms with van der Waals surface area (Å²) in [6.45, 7) is 0.814. The van der Waals surface area contributed by atoms with Crippen LogP contribution in [-0.4, -0.2) is 37.5 Å². The van der Waals surface area contributed by atoms with E-state index in [4.69, 9.17) is 19.3 Å². The quantitative estimate of drug-likeness (QED) is 0.516. The van der Waals surface area contributed by atoms with Gasteiger partial charge in [-0.3, -0.25) is 0 Å². The monoisotopic (exact) mass is 392 g/mol. The fourth-order valence-electron chi connectivity index (χ4n) is 2.97. The smallest absolute Gasteiger partial charge is 0.333 e. The fraction of sp³-hybridized carbons (Fsp3) is 0.208. The molecule has 0 saturated heterocycles. The standard InChI is InChI=1S/C24H24O5/c1-27-23(24(25)26)17-18-11-13-20(14-12-18)28-15-16-29-22-10-6-5-9-21(22)19-7-3-2-4-8-19/h2-14,23H,15-17H2,1H3,(H,25,26)/t23-/m0/s1. The molecule has 1 atom stereocenters. The summed E-state index contributed by atoms with van der Waals surface area (Å²) in [6.07, 6.45) is -0.536. The minimum atomic E-state index is -0.972. The molecule has 0 bridgehead atoms. The lowest BCUT2D eigenvalue weighted by atomic mass is 10.1. The lowest BCUT2D eigenvalue weighted by molar-refractivity contribution is -0.148. The van der Waals surface area contributed by atoms with E-state index < -0.39 is 12.1 Å². The Kier molecular flexibility index (Phi) is 7.25. The Morgan fingerprint density at radius 2 is 1.52 bits per heavy atom. The molecule has 0 amide bonds. The number of benzene rings is 3. The Bertz CT molecular complexity index is 906. The Labute approximate surface area is 170 Å². The number of carboxylic acids is 1. The summed E-state index contributed by atoms with van der Waals surface area (Å²) in [5.74, 6) is 0.552. The summed E-state index contributed by atoms with van der Waals surface area (Å²) < 4.78 is 16.6. The van der Waals surface area contributed by atoms with Gasteiger partial charge in [-0.05, 0) is 29.3 Å². The molecule has 5 heteroatoms. The number of carboxylic acid groups (broad SMARTS) is 1. The highest BCUT2D eigenvalue weighted by Gasteiger charge is 2.16. The zero-order chi connectivity index (χ0) is 20.5. The maximum Gasteiger partial charge on any atom is 0.333 e. The average Bonchev–Trinajstić information content (AvgIpc) is 2.76. The van der Waals surface area contributed by atoms with Gasteiger partial charge in [-0.15, -0.1) is 0 Å². The lowest BCUT2D eigenvalue weighted by Gasteiger charge is -2.13. The predicted octanol–water partition coefficient (Wildman–Crippen LogP) is 4.45. The number of hydrogen-bond donors (Lipinski definition) is 1. The van der Waals surface area contributed by atoms with Crippen molar-refractivity contribution in [1.82, 2.24) is 0 Å². The predicted molar refractivity (Wildman–Crippen MR) is 111 cm³/mol. The lowest BCUT2D eigenvalue weighted by Crippen LogP contribution is -2.24. The van der Waals surface area contributed by atoms with Gasteiger partial charge in [0.2, 0.25) is 0 Å². The van der Waals surface area contributed by atoms with Crippen LogP contribution in [0.25, 0.3) is 11.1 Å². The maximum absolute atomic E-state index is 11.0. The van der Waals surface area contributed by atoms with Crippen LogP contribution in [0.3, 0.4) is 0 Å². The van der Waals surface area contributed by atoms with Crippen LogP contribution in [0, 0.1) is 0 Å². The summed E-state index contributed by atoms with van der Waals surface area (Å²) in [5.41, 5.74) is 3.03. The maximum atomic E-state index is 11.0. The van der Waals surface area contributed by atoms with Gasteiger partial charge in [0, 0.05) is 19.1 Å². The molecular weight excluding hydrogens is 368 g/mol. The molecule has 29 heavy (non-hydrogen) atoms. The molecular formula is C24H24O5. The van der Waals surface area contributed by atoms with Crippen LogP contribution in [0.4, 0.5) is 0 Å². The number of rotatable bonds is 10. The van der Waals surface area contributed by atoms with Gasteiger partial charge in [0.05, 0.1) is 0 Å². The molecule has 1 N–H and O–H groups in total. The molecule has 5 nitrogen and oxygen atoms in total. The second-order valence-electron chi connectivity index (χ2n) is 6.47. The van der Waals surface area contributed by atoms with E-state index in [1.54, 1.807) is 0 Å². The third-order valence-electron chi connectivity index (χ3n) is 4.49. The number of hydrogen-bond acceptors (Lipinski definition) is 4. The van der Waals surface area contributed by atoms with Crippen molar-refractivity contribution < 1.29 is 24.1 Å². The second-order valence-corrected chi connectivity index (χ2v) is 6.47. The molecule has 150 valence electrons. The van der Waals surface area contributed by atoms with Gasteiger partial charge in [0.25, 0.3) is 0 Å². The molecule has 3 aromatic carbocycles. The van der Waals surface area contributed by atoms with Crippen molar-refractivity contribution in [3.63, 3.8) is 0 Å². The highest BCUT2D eigenvalue weighted by Crippen LogP contribution is 2.29. The summed E-state index contributed by atoms with van der Waals surface area (Å²) in [5, 5.41) is 9.06. The molecule has 0 aliphatic rings. The molecule has 0 fully saturated rings. The number of ether oxygens (including phenoxy) is 3. The van der Waals surface area contributed by atoms with E-state index in [1.165, 1.54) is 7.11 Å². The number of para-hydroxylation sites is 1. The first kappa shape index (κ1) is 20.4. The number of carbonyl (C=O) groups is 1. The Balaban J connectivity index is 1.51. The third kappa shape index (κ3) is 5.83. The topological polar surface area (TPSA) is 65.0 Å². The Morgan fingerprint density at radius 3 is 2.21 bits per heavy atom. The molecule has 0 radical (unpaired) electrons. The average molecular weight is 392 g/mol. The zero-order valence-corrected chi connectivity index (χ0v) is 16.3. The summed E-state index contributed by atoms with van der Waals surface area (Å²) in [7, 11) is 1.40. The van der Waals surface area contributed by atoms with E-state index in [1.807, 2.05) is 66.7 Å². The normalized spacial score (nSPS) is 11.6. The second kappa shape index (κ2) is 10.3. The first-order chi connectivity index (χ1) is 14.2. The van der Waals surface area contributed by atoms with Gasteiger partial charge in [-0.25, -0.2) is 4.79 Å². The minimum absolute atomic E-state index is 0.311. The van der Waals surface area contributed by atoms with Crippen molar-refractivity contribution in [3.05, 3.63) is 84.4 Å². The van der Waals surface area contributed by atoms with E-state index in [-0.39, 0.29) is 0 Å². The Morgan fingerprint density at radius 1 is 0.862 bits per heavy atom. The van der Waals surface area contributed by atoms with E-state index in [9.17, 15) is 4.79 Å². The SMILES string of the molecule is CO[C@@H](Cc1ccc(OCCOc2ccccc2-c2ccccc2)cc1)C(=O)O. The van der Waals surface area contributed by atoms with Crippen molar-refractivity contribution in [3.8, 4) is 22.6 Å². The zero-order valence-electron chi connectivity index (χ0n) is 16.3. The summed E-state index contributed by atoms with van der Waals surface area (Å²) in [4.78, 5) is 11.0. The van der Waals surface area contributed by atoms with Gasteiger partial charge in [0.1, 0.15) is 24.7 Å². The van der Waals surface area contributed by atoms with Crippen molar-refractivity contribution in [1.29, 1.82) is 0 Å². The van der Waals surface area contributed by atoms with Gasteiger partial charge >= 0.3 is 5.97 Å². The minimum Gasteiger partial charge on any atom is -0.490 e. The van der Waals surface area contributed by atoms with Crippen molar-refractivity contribution in [2.24, 2.45) is 0 Å². The fourth-order valence-corrected chi connectivity index (χ4v) is 2.97. The van der Waals surface area contributed by atoms with Crippen LogP contribution in [0.5, 0.6) is 11.5 Å². The van der Waals surface area contributed by atoms with Crippen molar-refractivity contribution in [2.75, 3.05) is 20.3 Å². The third-order valence-corrected chi connectivity index (χ3v) is 4.49. The van der Waals surface area contributed by atoms with Gasteiger partial charge in [0.15, 0.2) is 6.10 Å². The van der Waals surface area contributed by atoms with Gasteiger partial charge in [-0.2, -0.15) is 0 Å². The van der Waals surface area contributed by atoms with Crippen LogP contribution < -0.4 is 9.47 Å². The number of aliphatic carboxylic acids is 1. The Hall–Kier alpha value is -3.31. The number of methoxy groups -OCH3 is 1. The summed E-state index contributed by atoms with van der Waals surface area (Å²) >= 11 is 0. The van der Waals surface area contributed by atoms with Crippen molar-refractivity contribution in [2.45, 2.75) is 12.5 Å². The summed E-state index contributed by atoms with van der Waals surface area (Å²) in [6, 6.07) is 25.4. The van der Waals surface area contributed by atoms with Crippen LogP contribution in [0.1, 0.15) is 5.56 Å². The molecule has 3 aromatic rings. The van der Waals surface area contributed by atoms with E-state index >= 15 is 0 Å².